The van der Waals surface area contributed by atoms with Gasteiger partial charge in [0.25, 0.3) is 0 Å². The van der Waals surface area contributed by atoms with Gasteiger partial charge in [0.05, 0.1) is 4.90 Å². The molecule has 0 N–H and O–H groups in total. The summed E-state index contributed by atoms with van der Waals surface area (Å²) < 4.78 is 39.3. The summed E-state index contributed by atoms with van der Waals surface area (Å²) in [5.74, 6) is -0.376. The first-order valence-electron chi connectivity index (χ1n) is 5.71. The molecule has 1 unspecified atom stereocenters. The van der Waals surface area contributed by atoms with Crippen molar-refractivity contribution in [3.05, 3.63) is 29.6 Å². The first-order chi connectivity index (χ1) is 7.93. The first-order valence-corrected chi connectivity index (χ1v) is 7.15. The lowest BCUT2D eigenvalue weighted by Gasteiger charge is -2.21. The number of nitrogens with zero attached hydrogens (tertiary/aromatic N) is 1. The van der Waals surface area contributed by atoms with Gasteiger partial charge in [0.2, 0.25) is 10.0 Å². The van der Waals surface area contributed by atoms with Gasteiger partial charge in [-0.1, -0.05) is 0 Å². The van der Waals surface area contributed by atoms with E-state index in [1.807, 2.05) is 6.92 Å². The van der Waals surface area contributed by atoms with Crippen molar-refractivity contribution < 1.29 is 12.8 Å². The van der Waals surface area contributed by atoms with Crippen molar-refractivity contribution in [1.82, 2.24) is 4.31 Å². The van der Waals surface area contributed by atoms with Gasteiger partial charge in [-0.05, 0) is 50.5 Å². The number of rotatable bonds is 2. The van der Waals surface area contributed by atoms with Crippen molar-refractivity contribution in [3.63, 3.8) is 0 Å². The van der Waals surface area contributed by atoms with Crippen LogP contribution in [0.3, 0.4) is 0 Å². The van der Waals surface area contributed by atoms with Crippen LogP contribution in [0.25, 0.3) is 0 Å². The van der Waals surface area contributed by atoms with E-state index in [4.69, 9.17) is 0 Å². The molecule has 3 nitrogen and oxygen atoms in total. The average molecular weight is 257 g/mol. The minimum atomic E-state index is -3.46. The molecule has 1 saturated heterocycles. The second-order valence-corrected chi connectivity index (χ2v) is 6.41. The van der Waals surface area contributed by atoms with Crippen molar-refractivity contribution in [2.45, 2.75) is 37.6 Å². The van der Waals surface area contributed by atoms with E-state index in [1.165, 1.54) is 22.5 Å². The number of hydrogen-bond acceptors (Lipinski definition) is 2. The van der Waals surface area contributed by atoms with Gasteiger partial charge in [-0.25, -0.2) is 12.8 Å². The maximum absolute atomic E-state index is 13.1. The highest BCUT2D eigenvalue weighted by Gasteiger charge is 2.32. The molecule has 0 spiro atoms. The third-order valence-corrected chi connectivity index (χ3v) is 5.24. The zero-order valence-corrected chi connectivity index (χ0v) is 10.8. The van der Waals surface area contributed by atoms with E-state index in [1.54, 1.807) is 6.92 Å². The summed E-state index contributed by atoms with van der Waals surface area (Å²) in [7, 11) is -3.46. The van der Waals surface area contributed by atoms with Crippen LogP contribution in [0.5, 0.6) is 0 Å². The molecule has 2 rings (SSSR count). The van der Waals surface area contributed by atoms with E-state index in [9.17, 15) is 12.8 Å². The molecule has 0 bridgehead atoms. The molecule has 0 radical (unpaired) electrons. The maximum atomic E-state index is 13.1. The molecule has 1 heterocycles. The number of halogens is 1. The minimum absolute atomic E-state index is 0.0327. The number of benzene rings is 1. The molecule has 1 aromatic rings. The molecule has 1 aliphatic rings. The van der Waals surface area contributed by atoms with Crippen LogP contribution in [0.15, 0.2) is 23.1 Å². The lowest BCUT2D eigenvalue weighted by molar-refractivity contribution is 0.408. The Balaban J connectivity index is 2.41. The second-order valence-electron chi connectivity index (χ2n) is 4.52. The Hall–Kier alpha value is -0.940. The number of hydrogen-bond donors (Lipinski definition) is 0. The standard InChI is InChI=1S/C12H16FNO2S/c1-9-8-11(5-6-12(9)13)17(15,16)14-7-3-4-10(14)2/h5-6,8,10H,3-4,7H2,1-2H3. The van der Waals surface area contributed by atoms with Gasteiger partial charge >= 0.3 is 0 Å². The summed E-state index contributed by atoms with van der Waals surface area (Å²) in [6.07, 6.45) is 1.78. The van der Waals surface area contributed by atoms with Crippen LogP contribution in [0.2, 0.25) is 0 Å². The van der Waals surface area contributed by atoms with Crippen LogP contribution >= 0.6 is 0 Å². The summed E-state index contributed by atoms with van der Waals surface area (Å²) >= 11 is 0. The Morgan fingerprint density at radius 1 is 1.41 bits per heavy atom. The van der Waals surface area contributed by atoms with E-state index in [-0.39, 0.29) is 16.8 Å². The molecule has 1 aliphatic heterocycles. The fourth-order valence-corrected chi connectivity index (χ4v) is 3.96. The van der Waals surface area contributed by atoms with Crippen LogP contribution in [0.1, 0.15) is 25.3 Å². The average Bonchev–Trinajstić information content (AvgIpc) is 2.69. The van der Waals surface area contributed by atoms with Gasteiger partial charge in [0.15, 0.2) is 0 Å². The smallest absolute Gasteiger partial charge is 0.207 e. The fourth-order valence-electron chi connectivity index (χ4n) is 2.18. The van der Waals surface area contributed by atoms with Crippen molar-refractivity contribution in [2.75, 3.05) is 6.54 Å². The van der Waals surface area contributed by atoms with Gasteiger partial charge in [-0.2, -0.15) is 4.31 Å². The minimum Gasteiger partial charge on any atom is -0.207 e. The predicted octanol–water partition coefficient (Wildman–Crippen LogP) is 2.31. The van der Waals surface area contributed by atoms with E-state index in [0.717, 1.165) is 12.8 Å². The van der Waals surface area contributed by atoms with Crippen LogP contribution in [0, 0.1) is 12.7 Å². The highest BCUT2D eigenvalue weighted by atomic mass is 32.2. The summed E-state index contributed by atoms with van der Waals surface area (Å²) in [5.41, 5.74) is 0.359. The summed E-state index contributed by atoms with van der Waals surface area (Å²) in [6.45, 7) is 4.03. The molecular weight excluding hydrogens is 241 g/mol. The maximum Gasteiger partial charge on any atom is 0.243 e. The zero-order chi connectivity index (χ0) is 12.6. The van der Waals surface area contributed by atoms with Gasteiger partial charge < -0.3 is 0 Å². The Labute approximate surface area is 101 Å². The number of aryl methyl sites for hydroxylation is 1. The molecule has 0 saturated carbocycles. The van der Waals surface area contributed by atoms with Crippen LogP contribution in [0.4, 0.5) is 4.39 Å². The third-order valence-electron chi connectivity index (χ3n) is 3.23. The quantitative estimate of drug-likeness (QED) is 0.815. The lowest BCUT2D eigenvalue weighted by atomic mass is 10.2. The van der Waals surface area contributed by atoms with E-state index in [0.29, 0.717) is 12.1 Å². The molecule has 94 valence electrons. The monoisotopic (exact) mass is 257 g/mol. The Kier molecular flexibility index (Phi) is 3.23. The zero-order valence-electron chi connectivity index (χ0n) is 9.98. The largest absolute Gasteiger partial charge is 0.243 e. The summed E-state index contributed by atoms with van der Waals surface area (Å²) in [4.78, 5) is 0.185. The molecule has 0 aromatic heterocycles. The molecule has 5 heteroatoms. The van der Waals surface area contributed by atoms with Crippen LogP contribution in [-0.4, -0.2) is 25.3 Å². The molecule has 0 aliphatic carbocycles. The van der Waals surface area contributed by atoms with Gasteiger partial charge in [-0.3, -0.25) is 0 Å². The molecule has 1 aromatic carbocycles. The van der Waals surface area contributed by atoms with Crippen molar-refractivity contribution in [3.8, 4) is 0 Å². The lowest BCUT2D eigenvalue weighted by Crippen LogP contribution is -2.33. The van der Waals surface area contributed by atoms with E-state index >= 15 is 0 Å². The van der Waals surface area contributed by atoms with E-state index < -0.39 is 10.0 Å². The molecular formula is C12H16FNO2S. The molecule has 0 amide bonds. The highest BCUT2D eigenvalue weighted by Crippen LogP contribution is 2.26. The second kappa shape index (κ2) is 4.38. The first kappa shape index (κ1) is 12.5. The SMILES string of the molecule is Cc1cc(S(=O)(=O)N2CCCC2C)ccc1F. The molecule has 1 atom stereocenters. The normalized spacial score (nSPS) is 21.9. The number of sulfonamides is 1. The van der Waals surface area contributed by atoms with Gasteiger partial charge in [-0.15, -0.1) is 0 Å². The Bertz CT molecular complexity index is 527. The van der Waals surface area contributed by atoms with Crippen LogP contribution in [-0.2, 0) is 10.0 Å². The van der Waals surface area contributed by atoms with Gasteiger partial charge in [0, 0.05) is 12.6 Å². The summed E-state index contributed by atoms with van der Waals surface area (Å²) in [6, 6.07) is 3.98. The van der Waals surface area contributed by atoms with E-state index in [2.05, 4.69) is 0 Å². The van der Waals surface area contributed by atoms with Crippen LogP contribution < -0.4 is 0 Å². The third kappa shape index (κ3) is 2.21. The van der Waals surface area contributed by atoms with Crippen molar-refractivity contribution >= 4 is 10.0 Å². The highest BCUT2D eigenvalue weighted by molar-refractivity contribution is 7.89. The van der Waals surface area contributed by atoms with Crippen molar-refractivity contribution in [2.24, 2.45) is 0 Å². The summed E-state index contributed by atoms with van der Waals surface area (Å²) in [5, 5.41) is 0. The predicted molar refractivity (Wildman–Crippen MR) is 63.7 cm³/mol. The molecule has 17 heavy (non-hydrogen) atoms. The Morgan fingerprint density at radius 2 is 2.12 bits per heavy atom. The topological polar surface area (TPSA) is 37.4 Å². The van der Waals surface area contributed by atoms with Gasteiger partial charge in [0.1, 0.15) is 5.82 Å². The Morgan fingerprint density at radius 3 is 2.65 bits per heavy atom. The fraction of sp³-hybridized carbons (Fsp3) is 0.500. The van der Waals surface area contributed by atoms with Crippen molar-refractivity contribution in [1.29, 1.82) is 0 Å². The molecule has 1 fully saturated rings.